The molecule has 1 amide bonds. The number of ether oxygens (including phenoxy) is 1. The fraction of sp³-hybridized carbons (Fsp3) is 0.167. The van der Waals surface area contributed by atoms with E-state index in [0.29, 0.717) is 13.0 Å². The SMILES string of the molecule is NS(=O)(=O)c1cccc(C=CCCNC(=O)OCc2ccccc2)c1. The Hall–Kier alpha value is -2.64. The lowest BCUT2D eigenvalue weighted by Crippen LogP contribution is -2.24. The zero-order valence-corrected chi connectivity index (χ0v) is 14.4. The van der Waals surface area contributed by atoms with E-state index in [1.165, 1.54) is 12.1 Å². The van der Waals surface area contributed by atoms with Crippen molar-refractivity contribution < 1.29 is 17.9 Å². The molecule has 0 heterocycles. The molecule has 25 heavy (non-hydrogen) atoms. The largest absolute Gasteiger partial charge is 0.445 e. The lowest BCUT2D eigenvalue weighted by atomic mass is 10.2. The zero-order chi connectivity index (χ0) is 18.1. The molecule has 0 unspecified atom stereocenters. The van der Waals surface area contributed by atoms with Crippen LogP contribution in [0.2, 0.25) is 0 Å². The Morgan fingerprint density at radius 3 is 2.60 bits per heavy atom. The summed E-state index contributed by atoms with van der Waals surface area (Å²) in [6.07, 6.45) is 3.71. The van der Waals surface area contributed by atoms with Gasteiger partial charge in [-0.15, -0.1) is 0 Å². The second-order valence-corrected chi connectivity index (χ2v) is 6.86. The molecule has 0 aliphatic heterocycles. The average molecular weight is 360 g/mol. The molecule has 3 N–H and O–H groups in total. The first-order valence-corrected chi connectivity index (χ1v) is 9.24. The molecule has 0 aromatic heterocycles. The van der Waals surface area contributed by atoms with Crippen LogP contribution in [-0.4, -0.2) is 21.1 Å². The maximum atomic E-state index is 11.6. The molecule has 0 bridgehead atoms. The van der Waals surface area contributed by atoms with Gasteiger partial charge in [0.05, 0.1) is 4.90 Å². The van der Waals surface area contributed by atoms with Crippen LogP contribution in [0.3, 0.4) is 0 Å². The number of carbonyl (C=O) groups is 1. The van der Waals surface area contributed by atoms with E-state index in [9.17, 15) is 13.2 Å². The van der Waals surface area contributed by atoms with E-state index in [-0.39, 0.29) is 11.5 Å². The molecule has 6 nitrogen and oxygen atoms in total. The van der Waals surface area contributed by atoms with Crippen molar-refractivity contribution in [2.75, 3.05) is 6.54 Å². The van der Waals surface area contributed by atoms with E-state index >= 15 is 0 Å². The molecule has 0 spiro atoms. The number of nitrogens with one attached hydrogen (secondary N) is 1. The van der Waals surface area contributed by atoms with Gasteiger partial charge in [-0.25, -0.2) is 18.4 Å². The highest BCUT2D eigenvalue weighted by molar-refractivity contribution is 7.89. The maximum Gasteiger partial charge on any atom is 0.407 e. The van der Waals surface area contributed by atoms with E-state index in [1.807, 2.05) is 36.4 Å². The molecule has 2 aromatic carbocycles. The molecule has 0 saturated carbocycles. The van der Waals surface area contributed by atoms with E-state index in [2.05, 4.69) is 5.32 Å². The van der Waals surface area contributed by atoms with Crippen molar-refractivity contribution in [2.24, 2.45) is 5.14 Å². The van der Waals surface area contributed by atoms with Crippen molar-refractivity contribution in [1.82, 2.24) is 5.32 Å². The van der Waals surface area contributed by atoms with Crippen molar-refractivity contribution in [3.63, 3.8) is 0 Å². The number of benzene rings is 2. The van der Waals surface area contributed by atoms with Crippen LogP contribution in [0, 0.1) is 0 Å². The Balaban J connectivity index is 1.72. The summed E-state index contributed by atoms with van der Waals surface area (Å²) in [7, 11) is -3.71. The van der Waals surface area contributed by atoms with Gasteiger partial charge >= 0.3 is 6.09 Å². The number of nitrogens with two attached hydrogens (primary N) is 1. The van der Waals surface area contributed by atoms with Crippen molar-refractivity contribution in [2.45, 2.75) is 17.9 Å². The Labute approximate surface area is 147 Å². The summed E-state index contributed by atoms with van der Waals surface area (Å²) in [5.74, 6) is 0. The normalized spacial score (nSPS) is 11.4. The summed E-state index contributed by atoms with van der Waals surface area (Å²) in [6.45, 7) is 0.641. The van der Waals surface area contributed by atoms with Crippen LogP contribution >= 0.6 is 0 Å². The number of sulfonamides is 1. The fourth-order valence-electron chi connectivity index (χ4n) is 2.05. The molecule has 7 heteroatoms. The van der Waals surface area contributed by atoms with Crippen LogP contribution in [0.25, 0.3) is 6.08 Å². The van der Waals surface area contributed by atoms with Gasteiger partial charge in [-0.2, -0.15) is 0 Å². The van der Waals surface area contributed by atoms with Crippen LogP contribution < -0.4 is 10.5 Å². The summed E-state index contributed by atoms with van der Waals surface area (Å²) < 4.78 is 27.7. The van der Waals surface area contributed by atoms with Crippen molar-refractivity contribution in [1.29, 1.82) is 0 Å². The van der Waals surface area contributed by atoms with Gasteiger partial charge in [-0.1, -0.05) is 54.6 Å². The highest BCUT2D eigenvalue weighted by Gasteiger charge is 2.06. The van der Waals surface area contributed by atoms with Gasteiger partial charge in [0.15, 0.2) is 0 Å². The summed E-state index contributed by atoms with van der Waals surface area (Å²) in [5.41, 5.74) is 1.64. The zero-order valence-electron chi connectivity index (χ0n) is 13.6. The second kappa shape index (κ2) is 9.00. The van der Waals surface area contributed by atoms with Gasteiger partial charge in [0.1, 0.15) is 6.61 Å². The van der Waals surface area contributed by atoms with Gasteiger partial charge in [0, 0.05) is 6.54 Å². The van der Waals surface area contributed by atoms with Gasteiger partial charge in [-0.05, 0) is 29.7 Å². The van der Waals surface area contributed by atoms with E-state index in [4.69, 9.17) is 9.88 Å². The predicted molar refractivity (Wildman–Crippen MR) is 96.1 cm³/mol. The first kappa shape index (κ1) is 18.7. The number of amides is 1. The van der Waals surface area contributed by atoms with Crippen LogP contribution in [0.15, 0.2) is 65.6 Å². The quantitative estimate of drug-likeness (QED) is 0.742. The Kier molecular flexibility index (Phi) is 6.73. The molecule has 0 atom stereocenters. The minimum Gasteiger partial charge on any atom is -0.445 e. The smallest absolute Gasteiger partial charge is 0.407 e. The van der Waals surface area contributed by atoms with Gasteiger partial charge < -0.3 is 10.1 Å². The number of alkyl carbamates (subject to hydrolysis) is 1. The summed E-state index contributed by atoms with van der Waals surface area (Å²) >= 11 is 0. The van der Waals surface area contributed by atoms with Crippen molar-refractivity contribution in [3.05, 3.63) is 71.8 Å². The van der Waals surface area contributed by atoms with Gasteiger partial charge in [-0.3, -0.25) is 0 Å². The van der Waals surface area contributed by atoms with E-state index in [1.54, 1.807) is 18.2 Å². The molecular weight excluding hydrogens is 340 g/mol. The molecule has 2 aromatic rings. The summed E-state index contributed by atoms with van der Waals surface area (Å²) in [5, 5.41) is 7.74. The number of rotatable bonds is 7. The maximum absolute atomic E-state index is 11.6. The lowest BCUT2D eigenvalue weighted by molar-refractivity contribution is 0.140. The van der Waals surface area contributed by atoms with Crippen molar-refractivity contribution in [3.8, 4) is 0 Å². The Bertz CT molecular complexity index is 833. The van der Waals surface area contributed by atoms with Crippen LogP contribution in [-0.2, 0) is 21.4 Å². The molecule has 132 valence electrons. The molecule has 0 aliphatic carbocycles. The third-order valence-corrected chi connectivity index (χ3v) is 4.20. The second-order valence-electron chi connectivity index (χ2n) is 5.30. The number of hydrogen-bond donors (Lipinski definition) is 2. The fourth-order valence-corrected chi connectivity index (χ4v) is 2.61. The molecule has 0 radical (unpaired) electrons. The Morgan fingerprint density at radius 2 is 1.88 bits per heavy atom. The Morgan fingerprint density at radius 1 is 1.12 bits per heavy atom. The number of carbonyl (C=O) groups excluding carboxylic acids is 1. The standard InChI is InChI=1S/C18H20N2O4S/c19-25(22,23)17-11-6-10-15(13-17)7-4-5-12-20-18(21)24-14-16-8-2-1-3-9-16/h1-4,6-11,13H,5,12,14H2,(H,20,21)(H2,19,22,23). The first-order chi connectivity index (χ1) is 11.9. The number of hydrogen-bond acceptors (Lipinski definition) is 4. The average Bonchev–Trinajstić information content (AvgIpc) is 2.60. The lowest BCUT2D eigenvalue weighted by Gasteiger charge is -2.05. The van der Waals surface area contributed by atoms with Gasteiger partial charge in [0.2, 0.25) is 10.0 Å². The highest BCUT2D eigenvalue weighted by atomic mass is 32.2. The molecule has 0 fully saturated rings. The minimum atomic E-state index is -3.71. The monoisotopic (exact) mass is 360 g/mol. The van der Waals surface area contributed by atoms with Crippen LogP contribution in [0.4, 0.5) is 4.79 Å². The van der Waals surface area contributed by atoms with Crippen LogP contribution in [0.1, 0.15) is 17.5 Å². The van der Waals surface area contributed by atoms with Crippen molar-refractivity contribution >= 4 is 22.2 Å². The highest BCUT2D eigenvalue weighted by Crippen LogP contribution is 2.11. The molecular formula is C18H20N2O4S. The van der Waals surface area contributed by atoms with E-state index in [0.717, 1.165) is 11.1 Å². The predicted octanol–water partition coefficient (Wildman–Crippen LogP) is 2.66. The third-order valence-electron chi connectivity index (χ3n) is 3.29. The number of primary sulfonamides is 1. The molecule has 2 rings (SSSR count). The minimum absolute atomic E-state index is 0.0669. The topological polar surface area (TPSA) is 98.5 Å². The third kappa shape index (κ3) is 6.78. The van der Waals surface area contributed by atoms with Crippen LogP contribution in [0.5, 0.6) is 0 Å². The molecule has 0 aliphatic rings. The van der Waals surface area contributed by atoms with E-state index < -0.39 is 16.1 Å². The van der Waals surface area contributed by atoms with Gasteiger partial charge in [0.25, 0.3) is 0 Å². The molecule has 0 saturated heterocycles. The summed E-state index contributed by atoms with van der Waals surface area (Å²) in [4.78, 5) is 11.6. The first-order valence-electron chi connectivity index (χ1n) is 7.69. The summed E-state index contributed by atoms with van der Waals surface area (Å²) in [6, 6.07) is 15.8.